The smallest absolute Gasteiger partial charge is 0.240 e. The molecule has 0 bridgehead atoms. The number of likely N-dealkylation sites (tertiary alicyclic amines) is 1. The molecule has 1 amide bonds. The maximum atomic E-state index is 12.1. The normalized spacial score (nSPS) is 16.6. The zero-order valence-electron chi connectivity index (χ0n) is 15.1. The molecule has 1 aliphatic heterocycles. The van der Waals surface area contributed by atoms with Gasteiger partial charge in [0.25, 0.3) is 0 Å². The minimum atomic E-state index is -3.55. The summed E-state index contributed by atoms with van der Waals surface area (Å²) < 4.78 is 26.6. The van der Waals surface area contributed by atoms with Crippen LogP contribution in [0.3, 0.4) is 0 Å². The first-order chi connectivity index (χ1) is 11.8. The summed E-state index contributed by atoms with van der Waals surface area (Å²) >= 11 is 0. The van der Waals surface area contributed by atoms with Crippen LogP contribution in [0.5, 0.6) is 0 Å². The summed E-state index contributed by atoms with van der Waals surface area (Å²) in [6.07, 6.45) is 3.82. The standard InChI is InChI=1S/C18H29N3O3S/c1-18(2,21-13-7-4-8-14-21)15-19-17(22)11-12-20-25(23,24)16-9-5-3-6-10-16/h3,5-6,9-10,20H,4,7-8,11-15H2,1-2H3,(H,19,22). The van der Waals surface area contributed by atoms with Crippen molar-refractivity contribution in [3.05, 3.63) is 30.3 Å². The van der Waals surface area contributed by atoms with Crippen LogP contribution in [0.15, 0.2) is 35.2 Å². The molecule has 6 nitrogen and oxygen atoms in total. The van der Waals surface area contributed by atoms with Crippen LogP contribution < -0.4 is 10.0 Å². The summed E-state index contributed by atoms with van der Waals surface area (Å²) in [7, 11) is -3.55. The Morgan fingerprint density at radius 1 is 1.12 bits per heavy atom. The van der Waals surface area contributed by atoms with Gasteiger partial charge in [0.15, 0.2) is 0 Å². The van der Waals surface area contributed by atoms with Gasteiger partial charge in [0, 0.05) is 25.0 Å². The number of carbonyl (C=O) groups is 1. The Bertz CT molecular complexity index is 653. The number of amides is 1. The van der Waals surface area contributed by atoms with E-state index in [-0.39, 0.29) is 29.3 Å². The molecule has 2 N–H and O–H groups in total. The molecule has 1 fully saturated rings. The number of carbonyl (C=O) groups excluding carboxylic acids is 1. The molecule has 0 spiro atoms. The molecular formula is C18H29N3O3S. The number of hydrogen-bond acceptors (Lipinski definition) is 4. The monoisotopic (exact) mass is 367 g/mol. The van der Waals surface area contributed by atoms with E-state index in [1.54, 1.807) is 18.2 Å². The van der Waals surface area contributed by atoms with Crippen molar-refractivity contribution in [3.63, 3.8) is 0 Å². The minimum Gasteiger partial charge on any atom is -0.354 e. The maximum absolute atomic E-state index is 12.1. The molecule has 1 heterocycles. The van der Waals surface area contributed by atoms with Gasteiger partial charge in [-0.15, -0.1) is 0 Å². The average Bonchev–Trinajstić information content (AvgIpc) is 2.61. The lowest BCUT2D eigenvalue weighted by Gasteiger charge is -2.41. The van der Waals surface area contributed by atoms with Crippen LogP contribution in [-0.2, 0) is 14.8 Å². The molecular weight excluding hydrogens is 338 g/mol. The Hall–Kier alpha value is -1.44. The van der Waals surface area contributed by atoms with Crippen molar-refractivity contribution in [2.45, 2.75) is 50.0 Å². The number of nitrogens with zero attached hydrogens (tertiary/aromatic N) is 1. The van der Waals surface area contributed by atoms with E-state index in [4.69, 9.17) is 0 Å². The molecule has 0 unspecified atom stereocenters. The van der Waals surface area contributed by atoms with Crippen molar-refractivity contribution in [1.82, 2.24) is 14.9 Å². The maximum Gasteiger partial charge on any atom is 0.240 e. The highest BCUT2D eigenvalue weighted by atomic mass is 32.2. The van der Waals surface area contributed by atoms with E-state index in [9.17, 15) is 13.2 Å². The van der Waals surface area contributed by atoms with Gasteiger partial charge in [-0.25, -0.2) is 13.1 Å². The Labute approximate surface area is 151 Å². The molecule has 0 radical (unpaired) electrons. The van der Waals surface area contributed by atoms with E-state index in [0.717, 1.165) is 13.1 Å². The van der Waals surface area contributed by atoms with Crippen LogP contribution in [0.4, 0.5) is 0 Å². The highest BCUT2D eigenvalue weighted by molar-refractivity contribution is 7.89. The summed E-state index contributed by atoms with van der Waals surface area (Å²) in [5.74, 6) is -0.138. The lowest BCUT2D eigenvalue weighted by atomic mass is 9.98. The van der Waals surface area contributed by atoms with Gasteiger partial charge < -0.3 is 5.32 Å². The second-order valence-electron chi connectivity index (χ2n) is 7.10. The lowest BCUT2D eigenvalue weighted by Crippen LogP contribution is -2.53. The molecule has 1 saturated heterocycles. The van der Waals surface area contributed by atoms with Gasteiger partial charge in [0.05, 0.1) is 4.90 Å². The van der Waals surface area contributed by atoms with Crippen molar-refractivity contribution in [2.24, 2.45) is 0 Å². The molecule has 7 heteroatoms. The number of rotatable bonds is 8. The summed E-state index contributed by atoms with van der Waals surface area (Å²) in [5.41, 5.74) is -0.0837. The predicted molar refractivity (Wildman–Crippen MR) is 98.8 cm³/mol. The van der Waals surface area contributed by atoms with Gasteiger partial charge in [-0.1, -0.05) is 24.6 Å². The SMILES string of the molecule is CC(C)(CNC(=O)CCNS(=O)(=O)c1ccccc1)N1CCCCC1. The second-order valence-corrected chi connectivity index (χ2v) is 8.86. The van der Waals surface area contributed by atoms with Crippen LogP contribution in [0.1, 0.15) is 39.5 Å². The van der Waals surface area contributed by atoms with Gasteiger partial charge in [-0.05, 0) is 51.9 Å². The Balaban J connectivity index is 1.73. The highest BCUT2D eigenvalue weighted by Crippen LogP contribution is 2.19. The molecule has 0 aliphatic carbocycles. The minimum absolute atomic E-state index is 0.0837. The topological polar surface area (TPSA) is 78.5 Å². The molecule has 0 atom stereocenters. The van der Waals surface area contributed by atoms with Crippen LogP contribution in [-0.4, -0.2) is 50.9 Å². The van der Waals surface area contributed by atoms with Crippen LogP contribution >= 0.6 is 0 Å². The first-order valence-corrected chi connectivity index (χ1v) is 10.4. The quantitative estimate of drug-likeness (QED) is 0.734. The average molecular weight is 368 g/mol. The summed E-state index contributed by atoms with van der Waals surface area (Å²) in [4.78, 5) is 14.7. The predicted octanol–water partition coefficient (Wildman–Crippen LogP) is 1.74. The van der Waals surface area contributed by atoms with Crippen molar-refractivity contribution in [3.8, 4) is 0 Å². The first-order valence-electron chi connectivity index (χ1n) is 8.88. The number of nitrogens with one attached hydrogen (secondary N) is 2. The number of benzene rings is 1. The molecule has 140 valence electrons. The highest BCUT2D eigenvalue weighted by Gasteiger charge is 2.28. The third-order valence-corrected chi connectivity index (χ3v) is 6.10. The lowest BCUT2D eigenvalue weighted by molar-refractivity contribution is -0.121. The van der Waals surface area contributed by atoms with Crippen molar-refractivity contribution >= 4 is 15.9 Å². The zero-order valence-corrected chi connectivity index (χ0v) is 15.9. The molecule has 0 saturated carbocycles. The third kappa shape index (κ3) is 6.09. The van der Waals surface area contributed by atoms with Gasteiger partial charge in [0.1, 0.15) is 0 Å². The van der Waals surface area contributed by atoms with Gasteiger partial charge in [0.2, 0.25) is 15.9 Å². The first kappa shape index (κ1) is 19.9. The van der Waals surface area contributed by atoms with Gasteiger partial charge in [-0.2, -0.15) is 0 Å². The van der Waals surface area contributed by atoms with Crippen molar-refractivity contribution in [1.29, 1.82) is 0 Å². The van der Waals surface area contributed by atoms with E-state index in [1.807, 2.05) is 0 Å². The molecule has 2 rings (SSSR count). The molecule has 1 aromatic carbocycles. The fourth-order valence-corrected chi connectivity index (χ4v) is 4.05. The van der Waals surface area contributed by atoms with Crippen LogP contribution in [0, 0.1) is 0 Å². The van der Waals surface area contributed by atoms with Crippen LogP contribution in [0.25, 0.3) is 0 Å². The van der Waals surface area contributed by atoms with E-state index in [2.05, 4.69) is 28.8 Å². The summed E-state index contributed by atoms with van der Waals surface area (Å²) in [6.45, 7) is 7.07. The largest absolute Gasteiger partial charge is 0.354 e. The Morgan fingerprint density at radius 3 is 2.40 bits per heavy atom. The summed E-state index contributed by atoms with van der Waals surface area (Å²) in [6, 6.07) is 8.16. The molecule has 0 aromatic heterocycles. The fraction of sp³-hybridized carbons (Fsp3) is 0.611. The zero-order chi connectivity index (χ0) is 18.3. The van der Waals surface area contributed by atoms with Gasteiger partial charge >= 0.3 is 0 Å². The molecule has 1 aliphatic rings. The Morgan fingerprint density at radius 2 is 1.76 bits per heavy atom. The number of hydrogen-bond donors (Lipinski definition) is 2. The summed E-state index contributed by atoms with van der Waals surface area (Å²) in [5, 5.41) is 2.93. The van der Waals surface area contributed by atoms with E-state index in [0.29, 0.717) is 6.54 Å². The number of sulfonamides is 1. The van der Waals surface area contributed by atoms with Crippen molar-refractivity contribution < 1.29 is 13.2 Å². The van der Waals surface area contributed by atoms with E-state index >= 15 is 0 Å². The van der Waals surface area contributed by atoms with E-state index in [1.165, 1.54) is 31.4 Å². The molecule has 1 aromatic rings. The fourth-order valence-electron chi connectivity index (χ4n) is 3.00. The number of piperidine rings is 1. The second kappa shape index (κ2) is 8.78. The van der Waals surface area contributed by atoms with Gasteiger partial charge in [-0.3, -0.25) is 9.69 Å². The molecule has 25 heavy (non-hydrogen) atoms. The van der Waals surface area contributed by atoms with Crippen LogP contribution in [0.2, 0.25) is 0 Å². The van der Waals surface area contributed by atoms with Crippen molar-refractivity contribution in [2.75, 3.05) is 26.2 Å². The third-order valence-electron chi connectivity index (χ3n) is 4.63. The Kier molecular flexibility index (Phi) is 6.98. The van der Waals surface area contributed by atoms with E-state index < -0.39 is 10.0 Å².